The second kappa shape index (κ2) is 9.00. The van der Waals surface area contributed by atoms with Gasteiger partial charge in [-0.25, -0.2) is 8.42 Å². The minimum atomic E-state index is -3.51. The molecule has 0 spiro atoms. The highest BCUT2D eigenvalue weighted by Crippen LogP contribution is 2.20. The van der Waals surface area contributed by atoms with E-state index in [4.69, 9.17) is 4.74 Å². The SMILES string of the molecule is Cc1ccc(C)c(OCC(O)CN2CCN(S(=O)(=O)c3cccnc3)CC2)c1. The summed E-state index contributed by atoms with van der Waals surface area (Å²) in [6.07, 6.45) is 2.29. The van der Waals surface area contributed by atoms with Crippen molar-refractivity contribution in [2.45, 2.75) is 24.8 Å². The van der Waals surface area contributed by atoms with E-state index in [0.29, 0.717) is 32.7 Å². The number of benzene rings is 1. The molecule has 0 saturated carbocycles. The molecule has 28 heavy (non-hydrogen) atoms. The quantitative estimate of drug-likeness (QED) is 0.751. The van der Waals surface area contributed by atoms with Crippen LogP contribution in [0.1, 0.15) is 11.1 Å². The highest BCUT2D eigenvalue weighted by atomic mass is 32.2. The van der Waals surface area contributed by atoms with Crippen molar-refractivity contribution in [1.82, 2.24) is 14.2 Å². The van der Waals surface area contributed by atoms with Crippen LogP contribution >= 0.6 is 0 Å². The van der Waals surface area contributed by atoms with Crippen molar-refractivity contribution in [2.24, 2.45) is 0 Å². The molecule has 0 radical (unpaired) electrons. The van der Waals surface area contributed by atoms with E-state index >= 15 is 0 Å². The molecule has 2 aromatic rings. The van der Waals surface area contributed by atoms with Gasteiger partial charge in [-0.2, -0.15) is 4.31 Å². The summed E-state index contributed by atoms with van der Waals surface area (Å²) in [6.45, 7) is 6.55. The van der Waals surface area contributed by atoms with Crippen molar-refractivity contribution in [1.29, 1.82) is 0 Å². The van der Waals surface area contributed by atoms with Crippen LogP contribution in [0.25, 0.3) is 0 Å². The minimum Gasteiger partial charge on any atom is -0.491 e. The number of aliphatic hydroxyl groups is 1. The number of aliphatic hydroxyl groups excluding tert-OH is 1. The summed E-state index contributed by atoms with van der Waals surface area (Å²) >= 11 is 0. The van der Waals surface area contributed by atoms with Crippen molar-refractivity contribution >= 4 is 10.0 Å². The van der Waals surface area contributed by atoms with E-state index in [-0.39, 0.29) is 11.5 Å². The lowest BCUT2D eigenvalue weighted by atomic mass is 10.1. The molecule has 1 aromatic carbocycles. The second-order valence-corrected chi connectivity index (χ2v) is 9.07. The molecule has 2 heterocycles. The molecule has 1 atom stereocenters. The molecule has 1 unspecified atom stereocenters. The minimum absolute atomic E-state index is 0.207. The van der Waals surface area contributed by atoms with Crippen molar-refractivity contribution in [3.8, 4) is 5.75 Å². The molecule has 1 aliphatic rings. The van der Waals surface area contributed by atoms with Gasteiger partial charge >= 0.3 is 0 Å². The molecule has 8 heteroatoms. The Morgan fingerprint density at radius 3 is 2.61 bits per heavy atom. The molecule has 7 nitrogen and oxygen atoms in total. The normalized spacial score (nSPS) is 17.4. The van der Waals surface area contributed by atoms with Gasteiger partial charge in [-0.1, -0.05) is 12.1 Å². The number of sulfonamides is 1. The van der Waals surface area contributed by atoms with Crippen LogP contribution in [0.3, 0.4) is 0 Å². The Bertz CT molecular complexity index is 882. The lowest BCUT2D eigenvalue weighted by Gasteiger charge is -2.34. The Kier molecular flexibility index (Phi) is 6.66. The number of nitrogens with zero attached hydrogens (tertiary/aromatic N) is 3. The lowest BCUT2D eigenvalue weighted by Crippen LogP contribution is -2.50. The van der Waals surface area contributed by atoms with Crippen molar-refractivity contribution in [2.75, 3.05) is 39.3 Å². The third kappa shape index (κ3) is 5.08. The van der Waals surface area contributed by atoms with Gasteiger partial charge in [0.15, 0.2) is 0 Å². The first-order valence-corrected chi connectivity index (χ1v) is 10.8. The molecule has 0 bridgehead atoms. The third-order valence-corrected chi connectivity index (χ3v) is 6.73. The molecular weight excluding hydrogens is 378 g/mol. The van der Waals surface area contributed by atoms with E-state index in [1.54, 1.807) is 18.3 Å². The van der Waals surface area contributed by atoms with Gasteiger partial charge in [0.25, 0.3) is 0 Å². The summed E-state index contributed by atoms with van der Waals surface area (Å²) in [4.78, 5) is 6.17. The molecule has 3 rings (SSSR count). The van der Waals surface area contributed by atoms with Gasteiger partial charge in [-0.15, -0.1) is 0 Å². The maximum atomic E-state index is 12.6. The van der Waals surface area contributed by atoms with E-state index in [0.717, 1.165) is 16.9 Å². The fraction of sp³-hybridized carbons (Fsp3) is 0.450. The molecule has 1 fully saturated rings. The number of ether oxygens (including phenoxy) is 1. The largest absolute Gasteiger partial charge is 0.491 e. The van der Waals surface area contributed by atoms with E-state index in [2.05, 4.69) is 9.88 Å². The third-order valence-electron chi connectivity index (χ3n) is 4.85. The predicted molar refractivity (Wildman–Crippen MR) is 107 cm³/mol. The van der Waals surface area contributed by atoms with Crippen molar-refractivity contribution < 1.29 is 18.3 Å². The summed E-state index contributed by atoms with van der Waals surface area (Å²) in [7, 11) is -3.51. The summed E-state index contributed by atoms with van der Waals surface area (Å²) in [5.41, 5.74) is 2.15. The van der Waals surface area contributed by atoms with Crippen LogP contribution in [0, 0.1) is 13.8 Å². The maximum absolute atomic E-state index is 12.6. The Hall–Kier alpha value is -2.00. The molecule has 152 valence electrons. The monoisotopic (exact) mass is 405 g/mol. The van der Waals surface area contributed by atoms with Gasteiger partial charge in [0.2, 0.25) is 10.0 Å². The van der Waals surface area contributed by atoms with Crippen molar-refractivity contribution in [3.05, 3.63) is 53.9 Å². The highest BCUT2D eigenvalue weighted by molar-refractivity contribution is 7.89. The van der Waals surface area contributed by atoms with E-state index in [1.165, 1.54) is 10.5 Å². The Labute approximate surface area is 166 Å². The highest BCUT2D eigenvalue weighted by Gasteiger charge is 2.29. The zero-order valence-corrected chi connectivity index (χ0v) is 17.1. The average Bonchev–Trinajstić information content (AvgIpc) is 2.70. The zero-order valence-electron chi connectivity index (χ0n) is 16.3. The number of hydrogen-bond donors (Lipinski definition) is 1. The van der Waals surface area contributed by atoms with Gasteiger partial charge in [0, 0.05) is 45.1 Å². The van der Waals surface area contributed by atoms with Gasteiger partial charge < -0.3 is 9.84 Å². The summed E-state index contributed by atoms with van der Waals surface area (Å²) < 4.78 is 32.5. The average molecular weight is 406 g/mol. The molecule has 1 aromatic heterocycles. The number of aryl methyl sites for hydroxylation is 2. The molecule has 1 N–H and O–H groups in total. The number of pyridine rings is 1. The van der Waals surface area contributed by atoms with E-state index in [1.807, 2.05) is 32.0 Å². The van der Waals surface area contributed by atoms with Gasteiger partial charge in [0.05, 0.1) is 0 Å². The van der Waals surface area contributed by atoms with Gasteiger partial charge in [0.1, 0.15) is 23.4 Å². The smallest absolute Gasteiger partial charge is 0.244 e. The first-order valence-electron chi connectivity index (χ1n) is 9.37. The fourth-order valence-corrected chi connectivity index (χ4v) is 4.59. The zero-order chi connectivity index (χ0) is 20.1. The van der Waals surface area contributed by atoms with Crippen LogP contribution in [0.5, 0.6) is 5.75 Å². The second-order valence-electron chi connectivity index (χ2n) is 7.13. The fourth-order valence-electron chi connectivity index (χ4n) is 3.20. The molecule has 1 aliphatic heterocycles. The van der Waals surface area contributed by atoms with Crippen LogP contribution < -0.4 is 4.74 Å². The van der Waals surface area contributed by atoms with E-state index < -0.39 is 16.1 Å². The lowest BCUT2D eigenvalue weighted by molar-refractivity contribution is 0.0567. The molecule has 0 aliphatic carbocycles. The summed E-state index contributed by atoms with van der Waals surface area (Å²) in [6, 6.07) is 9.17. The summed E-state index contributed by atoms with van der Waals surface area (Å²) in [5.74, 6) is 0.784. The number of hydrogen-bond acceptors (Lipinski definition) is 6. The Balaban J connectivity index is 1.48. The van der Waals surface area contributed by atoms with E-state index in [9.17, 15) is 13.5 Å². The topological polar surface area (TPSA) is 83.0 Å². The number of rotatable bonds is 7. The Morgan fingerprint density at radius 1 is 1.18 bits per heavy atom. The van der Waals surface area contributed by atoms with Gasteiger partial charge in [-0.05, 0) is 43.2 Å². The first-order chi connectivity index (χ1) is 13.4. The predicted octanol–water partition coefficient (Wildman–Crippen LogP) is 1.44. The first kappa shape index (κ1) is 20.7. The van der Waals surface area contributed by atoms with Crippen LogP contribution in [-0.4, -0.2) is 73.1 Å². The van der Waals surface area contributed by atoms with Crippen molar-refractivity contribution in [3.63, 3.8) is 0 Å². The molecular formula is C20H27N3O4S. The van der Waals surface area contributed by atoms with Crippen LogP contribution in [-0.2, 0) is 10.0 Å². The number of β-amino-alcohol motifs (C(OH)–C–C–N with tert-alkyl or cyclic N) is 1. The van der Waals surface area contributed by atoms with Crippen LogP contribution in [0.15, 0.2) is 47.6 Å². The number of aromatic nitrogens is 1. The maximum Gasteiger partial charge on any atom is 0.244 e. The Morgan fingerprint density at radius 2 is 1.93 bits per heavy atom. The standard InChI is InChI=1S/C20H27N3O4S/c1-16-5-6-17(2)20(12-16)27-15-18(24)14-22-8-10-23(11-9-22)28(25,26)19-4-3-7-21-13-19/h3-7,12-13,18,24H,8-11,14-15H2,1-2H3. The van der Waals surface area contributed by atoms with Crippen LogP contribution in [0.2, 0.25) is 0 Å². The summed E-state index contributed by atoms with van der Waals surface area (Å²) in [5, 5.41) is 10.3. The van der Waals surface area contributed by atoms with Crippen LogP contribution in [0.4, 0.5) is 0 Å². The van der Waals surface area contributed by atoms with Gasteiger partial charge in [-0.3, -0.25) is 9.88 Å². The molecule has 0 amide bonds. The number of piperazine rings is 1. The molecule has 1 saturated heterocycles.